The summed E-state index contributed by atoms with van der Waals surface area (Å²) in [7, 11) is -0.645. The van der Waals surface area contributed by atoms with Crippen LogP contribution in [-0.4, -0.2) is 39.5 Å². The van der Waals surface area contributed by atoms with Crippen molar-refractivity contribution >= 4 is 21.5 Å². The molecule has 2 rings (SSSR count). The van der Waals surface area contributed by atoms with Crippen molar-refractivity contribution in [3.05, 3.63) is 23.8 Å². The molecule has 0 bridgehead atoms. The fourth-order valence-corrected chi connectivity index (χ4v) is 3.59. The highest BCUT2D eigenvalue weighted by molar-refractivity contribution is 7.89. The van der Waals surface area contributed by atoms with Crippen LogP contribution in [0.3, 0.4) is 0 Å². The third-order valence-corrected chi connectivity index (χ3v) is 5.49. The molecule has 8 nitrogen and oxygen atoms in total. The van der Waals surface area contributed by atoms with E-state index < -0.39 is 10.0 Å². The van der Waals surface area contributed by atoms with Crippen LogP contribution in [0, 0.1) is 0 Å². The number of benzene rings is 1. The lowest BCUT2D eigenvalue weighted by Crippen LogP contribution is -2.28. The molecule has 1 aliphatic carbocycles. The molecule has 1 aromatic rings. The Kier molecular flexibility index (Phi) is 6.03. The van der Waals surface area contributed by atoms with Gasteiger partial charge >= 0.3 is 0 Å². The summed E-state index contributed by atoms with van der Waals surface area (Å²) in [6.07, 6.45) is 5.81. The van der Waals surface area contributed by atoms with E-state index >= 15 is 0 Å². The van der Waals surface area contributed by atoms with Gasteiger partial charge in [0, 0.05) is 24.3 Å². The molecule has 1 fully saturated rings. The van der Waals surface area contributed by atoms with E-state index in [-0.39, 0.29) is 10.7 Å². The highest BCUT2D eigenvalue weighted by Gasteiger charge is 2.19. The Balaban J connectivity index is 2.41. The first-order valence-electron chi connectivity index (χ1n) is 8.00. The number of sulfonamides is 1. The van der Waals surface area contributed by atoms with E-state index in [1.165, 1.54) is 32.4 Å². The molecule has 1 aliphatic rings. The van der Waals surface area contributed by atoms with E-state index in [2.05, 4.69) is 15.1 Å². The van der Waals surface area contributed by atoms with E-state index in [0.29, 0.717) is 11.6 Å². The second kappa shape index (κ2) is 7.82. The highest BCUT2D eigenvalue weighted by Crippen LogP contribution is 2.26. The summed E-state index contributed by atoms with van der Waals surface area (Å²) in [5.74, 6) is 5.69. The van der Waals surface area contributed by atoms with Crippen molar-refractivity contribution in [1.29, 1.82) is 0 Å². The minimum absolute atomic E-state index is 0.131. The van der Waals surface area contributed by atoms with Crippen molar-refractivity contribution in [2.75, 3.05) is 19.4 Å². The molecule has 134 valence electrons. The van der Waals surface area contributed by atoms with Crippen LogP contribution in [0.25, 0.3) is 0 Å². The topological polar surface area (TPSA) is 126 Å². The molecule has 9 heteroatoms. The molecule has 0 aliphatic heterocycles. The minimum atomic E-state index is -3.57. The monoisotopic (exact) mass is 354 g/mol. The molecular weight excluding hydrogens is 328 g/mol. The Morgan fingerprint density at radius 3 is 2.54 bits per heavy atom. The number of hydrazone groups is 1. The molecule has 0 spiro atoms. The number of hydrogen-bond acceptors (Lipinski definition) is 6. The summed E-state index contributed by atoms with van der Waals surface area (Å²) in [5, 5.41) is 8.56. The molecule has 0 atom stereocenters. The van der Waals surface area contributed by atoms with E-state index in [4.69, 9.17) is 11.6 Å². The van der Waals surface area contributed by atoms with Crippen LogP contribution in [0.4, 0.5) is 5.69 Å². The zero-order valence-corrected chi connectivity index (χ0v) is 14.9. The molecule has 1 saturated carbocycles. The number of anilines is 1. The van der Waals surface area contributed by atoms with Crippen LogP contribution in [0.2, 0.25) is 0 Å². The molecule has 24 heavy (non-hydrogen) atoms. The Hall–Kier alpha value is -1.84. The number of rotatable bonds is 6. The zero-order valence-electron chi connectivity index (χ0n) is 14.1. The summed E-state index contributed by atoms with van der Waals surface area (Å²) >= 11 is 0. The van der Waals surface area contributed by atoms with Gasteiger partial charge in [-0.05, 0) is 38.1 Å². The average molecular weight is 354 g/mol. The third-order valence-electron chi connectivity index (χ3n) is 4.08. The molecular formula is C15H26N6O2S. The largest absolute Gasteiger partial charge is 0.382 e. The van der Waals surface area contributed by atoms with E-state index in [1.54, 1.807) is 19.2 Å². The normalized spacial score (nSPS) is 16.9. The zero-order chi connectivity index (χ0) is 17.7. The smallest absolute Gasteiger partial charge is 0.240 e. The van der Waals surface area contributed by atoms with Gasteiger partial charge < -0.3 is 11.1 Å². The first-order valence-corrected chi connectivity index (χ1v) is 9.49. The molecule has 0 heterocycles. The van der Waals surface area contributed by atoms with Gasteiger partial charge in [-0.25, -0.2) is 24.1 Å². The Morgan fingerprint density at radius 2 is 1.96 bits per heavy atom. The van der Waals surface area contributed by atoms with Crippen LogP contribution in [0.5, 0.6) is 0 Å². The predicted octanol–water partition coefficient (Wildman–Crippen LogP) is 0.765. The van der Waals surface area contributed by atoms with Crippen molar-refractivity contribution in [2.45, 2.75) is 43.0 Å². The fraction of sp³-hybridized carbons (Fsp3) is 0.533. The van der Waals surface area contributed by atoms with Crippen molar-refractivity contribution in [3.63, 3.8) is 0 Å². The second-order valence-corrected chi connectivity index (χ2v) is 7.84. The van der Waals surface area contributed by atoms with E-state index in [9.17, 15) is 8.42 Å². The summed E-state index contributed by atoms with van der Waals surface area (Å²) in [6, 6.07) is 5.15. The van der Waals surface area contributed by atoms with Gasteiger partial charge in [0.1, 0.15) is 0 Å². The van der Waals surface area contributed by atoms with Gasteiger partial charge in [-0.2, -0.15) is 0 Å². The average Bonchev–Trinajstić information content (AvgIpc) is 2.55. The molecule has 0 saturated heterocycles. The van der Waals surface area contributed by atoms with Crippen molar-refractivity contribution in [3.8, 4) is 0 Å². The van der Waals surface area contributed by atoms with Gasteiger partial charge in [-0.3, -0.25) is 0 Å². The van der Waals surface area contributed by atoms with Crippen molar-refractivity contribution in [1.82, 2.24) is 9.84 Å². The summed E-state index contributed by atoms with van der Waals surface area (Å²) in [4.78, 5) is 0.131. The number of nitrogens with two attached hydrogens (primary N) is 2. The first kappa shape index (κ1) is 18.5. The molecule has 6 N–H and O–H groups in total. The summed E-state index contributed by atoms with van der Waals surface area (Å²) in [6.45, 7) is 0. The SMILES string of the molecule is CNS(=O)(=O)c1ccc(NC2CCCCC2)c(/C(N)=N/N(C)N)c1. The third kappa shape index (κ3) is 4.59. The van der Waals surface area contributed by atoms with Crippen molar-refractivity contribution < 1.29 is 8.42 Å². The number of amidine groups is 1. The molecule has 0 amide bonds. The van der Waals surface area contributed by atoms with Crippen LogP contribution in [-0.2, 0) is 10.0 Å². The number of hydrogen-bond donors (Lipinski definition) is 4. The van der Waals surface area contributed by atoms with Crippen LogP contribution in [0.1, 0.15) is 37.7 Å². The lowest BCUT2D eigenvalue weighted by molar-refractivity contribution is 0.371. The lowest BCUT2D eigenvalue weighted by atomic mass is 9.95. The Labute approximate surface area is 143 Å². The van der Waals surface area contributed by atoms with Gasteiger partial charge in [0.25, 0.3) is 0 Å². The molecule has 0 aromatic heterocycles. The van der Waals surface area contributed by atoms with E-state index in [0.717, 1.165) is 23.6 Å². The maximum Gasteiger partial charge on any atom is 0.240 e. The highest BCUT2D eigenvalue weighted by atomic mass is 32.2. The number of nitrogens with one attached hydrogen (secondary N) is 2. The maximum atomic E-state index is 12.1. The first-order chi connectivity index (χ1) is 11.3. The predicted molar refractivity (Wildman–Crippen MR) is 95.9 cm³/mol. The summed E-state index contributed by atoms with van der Waals surface area (Å²) in [5.41, 5.74) is 7.31. The number of hydrazine groups is 1. The standard InChI is InChI=1S/C15H26N6O2S/c1-18-24(22,23)12-8-9-14(19-11-6-4-3-5-7-11)13(10-12)15(16)20-21(2)17/h8-11,18-19H,3-7,17H2,1-2H3,(H2,16,20). The van der Waals surface area contributed by atoms with Gasteiger partial charge in [0.05, 0.1) is 4.90 Å². The fourth-order valence-electron chi connectivity index (χ4n) is 2.84. The Morgan fingerprint density at radius 1 is 1.29 bits per heavy atom. The molecule has 0 unspecified atom stereocenters. The van der Waals surface area contributed by atoms with E-state index in [1.807, 2.05) is 0 Å². The van der Waals surface area contributed by atoms with Crippen molar-refractivity contribution in [2.24, 2.45) is 16.7 Å². The van der Waals surface area contributed by atoms with Crippen LogP contribution in [0.15, 0.2) is 28.2 Å². The Bertz CT molecular complexity index is 696. The van der Waals surface area contributed by atoms with Crippen LogP contribution < -0.4 is 21.6 Å². The van der Waals surface area contributed by atoms with Gasteiger partial charge in [-0.1, -0.05) is 19.3 Å². The minimum Gasteiger partial charge on any atom is -0.382 e. The molecule has 1 aromatic carbocycles. The second-order valence-electron chi connectivity index (χ2n) is 5.95. The maximum absolute atomic E-state index is 12.1. The van der Waals surface area contributed by atoms with Crippen LogP contribution >= 0.6 is 0 Å². The van der Waals surface area contributed by atoms with Gasteiger partial charge in [0.2, 0.25) is 10.0 Å². The summed E-state index contributed by atoms with van der Waals surface area (Å²) < 4.78 is 26.4. The quantitative estimate of drug-likeness (QED) is 0.259. The lowest BCUT2D eigenvalue weighted by Gasteiger charge is -2.25. The number of nitrogens with zero attached hydrogens (tertiary/aromatic N) is 2. The molecule has 0 radical (unpaired) electrons. The van der Waals surface area contributed by atoms with Gasteiger partial charge in [0.15, 0.2) is 5.84 Å². The van der Waals surface area contributed by atoms with Gasteiger partial charge in [-0.15, -0.1) is 5.10 Å².